The number of carbonyl (C=O) groups excluding carboxylic acids is 1. The van der Waals surface area contributed by atoms with Crippen molar-refractivity contribution in [3.05, 3.63) is 71.8 Å². The number of amides is 1. The van der Waals surface area contributed by atoms with Crippen molar-refractivity contribution in [1.82, 2.24) is 0 Å². The van der Waals surface area contributed by atoms with Crippen molar-refractivity contribution in [2.24, 2.45) is 0 Å². The smallest absolute Gasteiger partial charge is 0.416 e. The first kappa shape index (κ1) is 15.9. The van der Waals surface area contributed by atoms with Gasteiger partial charge in [-0.1, -0.05) is 18.2 Å². The number of benzene rings is 3. The second kappa shape index (κ2) is 5.88. The Labute approximate surface area is 135 Å². The van der Waals surface area contributed by atoms with E-state index in [1.165, 1.54) is 24.3 Å². The first-order chi connectivity index (χ1) is 11.3. The minimum atomic E-state index is -4.47. The van der Waals surface area contributed by atoms with Crippen molar-refractivity contribution in [3.8, 4) is 5.75 Å². The molecule has 0 radical (unpaired) electrons. The van der Waals surface area contributed by atoms with Gasteiger partial charge in [0.05, 0.1) is 5.56 Å². The molecule has 0 spiro atoms. The lowest BCUT2D eigenvalue weighted by Gasteiger charge is -2.11. The zero-order chi connectivity index (χ0) is 17.3. The molecule has 0 saturated heterocycles. The van der Waals surface area contributed by atoms with E-state index in [0.717, 1.165) is 12.1 Å². The predicted octanol–water partition coefficient (Wildman–Crippen LogP) is 4.82. The Hall–Kier alpha value is -3.02. The van der Waals surface area contributed by atoms with E-state index in [1.807, 2.05) is 0 Å². The number of rotatable bonds is 2. The molecule has 0 bridgehead atoms. The van der Waals surface area contributed by atoms with Crippen LogP contribution in [0.3, 0.4) is 0 Å². The third-order valence-corrected chi connectivity index (χ3v) is 3.56. The van der Waals surface area contributed by atoms with Crippen LogP contribution in [0.1, 0.15) is 15.9 Å². The number of hydrogen-bond acceptors (Lipinski definition) is 2. The number of anilines is 1. The Bertz CT molecular complexity index is 920. The summed E-state index contributed by atoms with van der Waals surface area (Å²) < 4.78 is 38.2. The summed E-state index contributed by atoms with van der Waals surface area (Å²) in [6, 6.07) is 13.9. The minimum Gasteiger partial charge on any atom is -0.508 e. The molecule has 0 aromatic heterocycles. The number of aromatic hydroxyl groups is 1. The van der Waals surface area contributed by atoms with Gasteiger partial charge < -0.3 is 10.4 Å². The molecule has 122 valence electrons. The van der Waals surface area contributed by atoms with E-state index in [9.17, 15) is 23.1 Å². The van der Waals surface area contributed by atoms with E-state index in [4.69, 9.17) is 0 Å². The molecule has 0 aliphatic heterocycles. The first-order valence-corrected chi connectivity index (χ1v) is 7.05. The molecule has 0 fully saturated rings. The summed E-state index contributed by atoms with van der Waals surface area (Å²) in [6.07, 6.45) is -4.47. The van der Waals surface area contributed by atoms with Crippen LogP contribution in [0.15, 0.2) is 60.7 Å². The van der Waals surface area contributed by atoms with E-state index >= 15 is 0 Å². The number of carbonyl (C=O) groups is 1. The van der Waals surface area contributed by atoms with Gasteiger partial charge in [-0.05, 0) is 53.2 Å². The molecular weight excluding hydrogens is 319 g/mol. The number of hydrogen-bond donors (Lipinski definition) is 2. The fourth-order valence-electron chi connectivity index (χ4n) is 2.44. The van der Waals surface area contributed by atoms with Crippen LogP contribution < -0.4 is 5.32 Å². The Morgan fingerprint density at radius 3 is 2.46 bits per heavy atom. The van der Waals surface area contributed by atoms with Crippen molar-refractivity contribution < 1.29 is 23.1 Å². The molecule has 0 atom stereocenters. The highest BCUT2D eigenvalue weighted by Gasteiger charge is 2.30. The van der Waals surface area contributed by atoms with Gasteiger partial charge in [0.15, 0.2) is 0 Å². The summed E-state index contributed by atoms with van der Waals surface area (Å²) >= 11 is 0. The maximum Gasteiger partial charge on any atom is 0.416 e. The highest BCUT2D eigenvalue weighted by Crippen LogP contribution is 2.31. The topological polar surface area (TPSA) is 49.3 Å². The quantitative estimate of drug-likeness (QED) is 0.707. The van der Waals surface area contributed by atoms with Crippen LogP contribution in [0, 0.1) is 0 Å². The second-order valence-electron chi connectivity index (χ2n) is 5.24. The first-order valence-electron chi connectivity index (χ1n) is 7.05. The SMILES string of the molecule is O=C(Nc1cccc(C(F)(F)F)c1)c1cccc2cc(O)ccc12. The summed E-state index contributed by atoms with van der Waals surface area (Å²) in [7, 11) is 0. The van der Waals surface area contributed by atoms with Crippen LogP contribution in [0.4, 0.5) is 18.9 Å². The molecule has 0 saturated carbocycles. The number of alkyl halides is 3. The zero-order valence-corrected chi connectivity index (χ0v) is 12.3. The van der Waals surface area contributed by atoms with Crippen LogP contribution in [0.5, 0.6) is 5.75 Å². The molecule has 1 amide bonds. The lowest BCUT2D eigenvalue weighted by Crippen LogP contribution is -2.13. The monoisotopic (exact) mass is 331 g/mol. The maximum atomic E-state index is 12.7. The van der Waals surface area contributed by atoms with Gasteiger partial charge in [-0.2, -0.15) is 13.2 Å². The average Bonchev–Trinajstić information content (AvgIpc) is 2.53. The van der Waals surface area contributed by atoms with Gasteiger partial charge in [-0.25, -0.2) is 0 Å². The Morgan fingerprint density at radius 1 is 0.958 bits per heavy atom. The van der Waals surface area contributed by atoms with Gasteiger partial charge in [0.1, 0.15) is 5.75 Å². The van der Waals surface area contributed by atoms with Crippen LogP contribution >= 0.6 is 0 Å². The summed E-state index contributed by atoms with van der Waals surface area (Å²) in [5.74, 6) is -0.455. The molecule has 3 aromatic carbocycles. The lowest BCUT2D eigenvalue weighted by atomic mass is 10.0. The van der Waals surface area contributed by atoms with Crippen LogP contribution in [-0.4, -0.2) is 11.0 Å². The van der Waals surface area contributed by atoms with Crippen LogP contribution in [0.2, 0.25) is 0 Å². The third-order valence-electron chi connectivity index (χ3n) is 3.56. The standard InChI is InChI=1S/C18H12F3NO2/c19-18(20,21)12-4-2-5-13(10-12)22-17(24)16-6-1-3-11-9-14(23)7-8-15(11)16/h1-10,23H,(H,22,24). The summed E-state index contributed by atoms with van der Waals surface area (Å²) in [4.78, 5) is 12.4. The number of phenolic OH excluding ortho intramolecular Hbond substituents is 1. The molecule has 2 N–H and O–H groups in total. The Balaban J connectivity index is 1.94. The highest BCUT2D eigenvalue weighted by atomic mass is 19.4. The van der Waals surface area contributed by atoms with Crippen molar-refractivity contribution in [3.63, 3.8) is 0 Å². The molecule has 3 rings (SSSR count). The van der Waals surface area contributed by atoms with Gasteiger partial charge >= 0.3 is 6.18 Å². The lowest BCUT2D eigenvalue weighted by molar-refractivity contribution is -0.137. The molecular formula is C18H12F3NO2. The molecule has 0 aliphatic carbocycles. The largest absolute Gasteiger partial charge is 0.508 e. The number of halogens is 3. The van der Waals surface area contributed by atoms with Gasteiger partial charge in [-0.3, -0.25) is 4.79 Å². The van der Waals surface area contributed by atoms with Crippen molar-refractivity contribution in [1.29, 1.82) is 0 Å². The normalized spacial score (nSPS) is 11.5. The Morgan fingerprint density at radius 2 is 1.71 bits per heavy atom. The third kappa shape index (κ3) is 3.17. The minimum absolute atomic E-state index is 0.0607. The zero-order valence-electron chi connectivity index (χ0n) is 12.3. The molecule has 3 nitrogen and oxygen atoms in total. The van der Waals surface area contributed by atoms with Gasteiger partial charge in [0.25, 0.3) is 5.91 Å². The highest BCUT2D eigenvalue weighted by molar-refractivity contribution is 6.13. The molecule has 3 aromatic rings. The number of nitrogens with one attached hydrogen (secondary N) is 1. The molecule has 6 heteroatoms. The van der Waals surface area contributed by atoms with Crippen LogP contribution in [0.25, 0.3) is 10.8 Å². The van der Waals surface area contributed by atoms with E-state index in [1.54, 1.807) is 24.3 Å². The summed E-state index contributed by atoms with van der Waals surface area (Å²) in [5.41, 5.74) is -0.460. The summed E-state index contributed by atoms with van der Waals surface area (Å²) in [5, 5.41) is 13.2. The van der Waals surface area contributed by atoms with Gasteiger partial charge in [-0.15, -0.1) is 0 Å². The number of phenols is 1. The molecule has 0 unspecified atom stereocenters. The Kier molecular flexibility index (Phi) is 3.89. The average molecular weight is 331 g/mol. The van der Waals surface area contributed by atoms with Gasteiger partial charge in [0.2, 0.25) is 0 Å². The van der Waals surface area contributed by atoms with E-state index in [2.05, 4.69) is 5.32 Å². The van der Waals surface area contributed by atoms with Crippen LogP contribution in [-0.2, 0) is 6.18 Å². The second-order valence-corrected chi connectivity index (χ2v) is 5.24. The predicted molar refractivity (Wildman–Crippen MR) is 85.0 cm³/mol. The van der Waals surface area contributed by atoms with Crippen molar-refractivity contribution in [2.45, 2.75) is 6.18 Å². The van der Waals surface area contributed by atoms with Crippen molar-refractivity contribution >= 4 is 22.4 Å². The maximum absolute atomic E-state index is 12.7. The number of fused-ring (bicyclic) bond motifs is 1. The van der Waals surface area contributed by atoms with E-state index < -0.39 is 17.6 Å². The van der Waals surface area contributed by atoms with E-state index in [0.29, 0.717) is 16.3 Å². The van der Waals surface area contributed by atoms with E-state index in [-0.39, 0.29) is 11.4 Å². The molecule has 0 aliphatic rings. The van der Waals surface area contributed by atoms with Gasteiger partial charge in [0, 0.05) is 11.3 Å². The fraction of sp³-hybridized carbons (Fsp3) is 0.0556. The molecule has 24 heavy (non-hydrogen) atoms. The summed E-state index contributed by atoms with van der Waals surface area (Å²) in [6.45, 7) is 0. The fourth-order valence-corrected chi connectivity index (χ4v) is 2.44. The van der Waals surface area contributed by atoms with Crippen molar-refractivity contribution in [2.75, 3.05) is 5.32 Å². The molecule has 0 heterocycles.